The molecule has 134 valence electrons. The fraction of sp³-hybridized carbons (Fsp3) is 0.333. The second kappa shape index (κ2) is 5.87. The molecule has 0 aliphatic heterocycles. The topological polar surface area (TPSA) is 75.0 Å². The van der Waals surface area contributed by atoms with Crippen molar-refractivity contribution in [3.63, 3.8) is 0 Å². The van der Waals surface area contributed by atoms with Crippen LogP contribution in [-0.2, 0) is 11.8 Å². The van der Waals surface area contributed by atoms with Gasteiger partial charge in [0.25, 0.3) is 0 Å². The van der Waals surface area contributed by atoms with Gasteiger partial charge in [-0.3, -0.25) is 10.00 Å². The van der Waals surface area contributed by atoms with E-state index in [-0.39, 0.29) is 11.5 Å². The highest BCUT2D eigenvalue weighted by Crippen LogP contribution is 2.41. The average molecular weight is 348 g/mol. The lowest BCUT2D eigenvalue weighted by Gasteiger charge is -2.29. The quantitative estimate of drug-likeness (QED) is 0.719. The number of anilines is 1. The first-order valence-electron chi connectivity index (χ1n) is 9.00. The van der Waals surface area contributed by atoms with Crippen molar-refractivity contribution in [3.8, 4) is 0 Å². The average Bonchev–Trinajstić information content (AvgIpc) is 3.21. The molecule has 1 aliphatic rings. The van der Waals surface area contributed by atoms with Crippen molar-refractivity contribution in [2.75, 3.05) is 4.90 Å². The third kappa shape index (κ3) is 2.64. The van der Waals surface area contributed by atoms with Gasteiger partial charge in [-0.15, -0.1) is 0 Å². The fourth-order valence-electron chi connectivity index (χ4n) is 3.93. The van der Waals surface area contributed by atoms with Crippen LogP contribution >= 0.6 is 0 Å². The van der Waals surface area contributed by atoms with Crippen LogP contribution in [0.4, 0.5) is 10.5 Å². The second-order valence-corrected chi connectivity index (χ2v) is 8.03. The maximum atomic E-state index is 12.4. The first kappa shape index (κ1) is 16.6. The number of fused-ring (bicyclic) bond motifs is 2. The van der Waals surface area contributed by atoms with Gasteiger partial charge in [-0.1, -0.05) is 45.0 Å². The maximum absolute atomic E-state index is 12.4. The third-order valence-electron chi connectivity index (χ3n) is 5.33. The predicted molar refractivity (Wildman–Crippen MR) is 104 cm³/mol. The van der Waals surface area contributed by atoms with Gasteiger partial charge in [0.2, 0.25) is 0 Å². The highest BCUT2D eigenvalue weighted by Gasteiger charge is 2.33. The molecular weight excluding hydrogens is 324 g/mol. The molecule has 1 aliphatic carbocycles. The number of carbonyl (C=O) groups excluding carboxylic acids is 1. The predicted octanol–water partition coefficient (Wildman–Crippen LogP) is 4.43. The largest absolute Gasteiger partial charge is 0.351 e. The number of aromatic amines is 1. The normalized spacial score (nSPS) is 16.7. The molecule has 2 amide bonds. The lowest BCUT2D eigenvalue weighted by atomic mass is 9.85. The lowest BCUT2D eigenvalue weighted by molar-refractivity contribution is 0.251. The Hall–Kier alpha value is -2.82. The summed E-state index contributed by atoms with van der Waals surface area (Å²) in [4.78, 5) is 14.1. The molecule has 0 saturated heterocycles. The van der Waals surface area contributed by atoms with Crippen LogP contribution in [-0.4, -0.2) is 16.2 Å². The SMILES string of the molecule is CC(C)(C)c1ccc2c(c1)CC[C@H]2N(C(N)=O)c1cccc2[nH]ncc12. The van der Waals surface area contributed by atoms with Crippen molar-refractivity contribution in [1.29, 1.82) is 0 Å². The summed E-state index contributed by atoms with van der Waals surface area (Å²) in [6, 6.07) is 12.0. The zero-order valence-electron chi connectivity index (χ0n) is 15.4. The van der Waals surface area contributed by atoms with E-state index < -0.39 is 6.03 Å². The Bertz CT molecular complexity index is 983. The van der Waals surface area contributed by atoms with Gasteiger partial charge in [0.1, 0.15) is 0 Å². The Morgan fingerprint density at radius 1 is 1.27 bits per heavy atom. The Balaban J connectivity index is 1.80. The molecule has 3 N–H and O–H groups in total. The number of aryl methyl sites for hydroxylation is 1. The van der Waals surface area contributed by atoms with E-state index in [4.69, 9.17) is 5.73 Å². The van der Waals surface area contributed by atoms with Crippen LogP contribution in [0.1, 0.15) is 49.9 Å². The van der Waals surface area contributed by atoms with Gasteiger partial charge >= 0.3 is 6.03 Å². The Morgan fingerprint density at radius 2 is 2.08 bits per heavy atom. The summed E-state index contributed by atoms with van der Waals surface area (Å²) in [5.41, 5.74) is 11.5. The standard InChI is InChI=1S/C21H24N4O/c1-21(2,3)14-8-9-15-13(11-14)7-10-19(15)25(20(22)26)18-6-4-5-17-16(18)12-23-24-17/h4-6,8-9,11-12,19H,7,10H2,1-3H3,(H2,22,26)(H,23,24)/t19-/m1/s1. The molecule has 4 rings (SSSR count). The number of carbonyl (C=O) groups is 1. The zero-order chi connectivity index (χ0) is 18.5. The molecule has 1 aromatic heterocycles. The summed E-state index contributed by atoms with van der Waals surface area (Å²) in [6.45, 7) is 6.66. The van der Waals surface area contributed by atoms with E-state index in [0.717, 1.165) is 29.4 Å². The number of rotatable bonds is 2. The van der Waals surface area contributed by atoms with Crippen molar-refractivity contribution in [1.82, 2.24) is 10.2 Å². The van der Waals surface area contributed by atoms with E-state index in [1.165, 1.54) is 16.7 Å². The van der Waals surface area contributed by atoms with Gasteiger partial charge in [-0.05, 0) is 47.1 Å². The Labute approximate surface area is 153 Å². The van der Waals surface area contributed by atoms with Gasteiger partial charge in [0.15, 0.2) is 0 Å². The number of urea groups is 1. The van der Waals surface area contributed by atoms with E-state index in [1.54, 1.807) is 11.1 Å². The highest BCUT2D eigenvalue weighted by molar-refractivity contribution is 6.02. The molecule has 1 atom stereocenters. The lowest BCUT2D eigenvalue weighted by Crippen LogP contribution is -2.38. The number of nitrogens with zero attached hydrogens (tertiary/aromatic N) is 2. The summed E-state index contributed by atoms with van der Waals surface area (Å²) in [7, 11) is 0. The number of benzene rings is 2. The molecule has 5 heteroatoms. The van der Waals surface area contributed by atoms with Crippen LogP contribution in [0.25, 0.3) is 10.9 Å². The van der Waals surface area contributed by atoms with Crippen molar-refractivity contribution in [2.45, 2.75) is 45.1 Å². The molecule has 0 saturated carbocycles. The van der Waals surface area contributed by atoms with Gasteiger partial charge in [-0.25, -0.2) is 4.79 Å². The number of nitrogens with one attached hydrogen (secondary N) is 1. The van der Waals surface area contributed by atoms with E-state index in [0.29, 0.717) is 0 Å². The van der Waals surface area contributed by atoms with Crippen LogP contribution in [0.15, 0.2) is 42.6 Å². The molecule has 0 unspecified atom stereocenters. The first-order valence-corrected chi connectivity index (χ1v) is 9.00. The molecule has 0 fully saturated rings. The number of nitrogens with two attached hydrogens (primary N) is 1. The monoisotopic (exact) mass is 348 g/mol. The summed E-state index contributed by atoms with van der Waals surface area (Å²) < 4.78 is 0. The molecule has 1 heterocycles. The van der Waals surface area contributed by atoms with Crippen molar-refractivity contribution in [2.24, 2.45) is 5.73 Å². The fourth-order valence-corrected chi connectivity index (χ4v) is 3.93. The Morgan fingerprint density at radius 3 is 2.81 bits per heavy atom. The van der Waals surface area contributed by atoms with E-state index in [2.05, 4.69) is 49.2 Å². The molecule has 3 aromatic rings. The van der Waals surface area contributed by atoms with Crippen LogP contribution in [0.5, 0.6) is 0 Å². The van der Waals surface area contributed by atoms with E-state index in [9.17, 15) is 4.79 Å². The smallest absolute Gasteiger partial charge is 0.319 e. The number of H-pyrrole nitrogens is 1. The summed E-state index contributed by atoms with van der Waals surface area (Å²) in [5, 5.41) is 7.98. The minimum absolute atomic E-state index is 0.0444. The van der Waals surface area contributed by atoms with Crippen molar-refractivity contribution in [3.05, 3.63) is 59.3 Å². The molecule has 2 aromatic carbocycles. The number of hydrogen-bond donors (Lipinski definition) is 2. The minimum Gasteiger partial charge on any atom is -0.351 e. The summed E-state index contributed by atoms with van der Waals surface area (Å²) >= 11 is 0. The van der Waals surface area contributed by atoms with Crippen LogP contribution in [0.3, 0.4) is 0 Å². The van der Waals surface area contributed by atoms with Gasteiger partial charge in [-0.2, -0.15) is 5.10 Å². The van der Waals surface area contributed by atoms with Gasteiger partial charge in [0, 0.05) is 5.39 Å². The zero-order valence-corrected chi connectivity index (χ0v) is 15.4. The van der Waals surface area contributed by atoms with Crippen LogP contribution in [0.2, 0.25) is 0 Å². The van der Waals surface area contributed by atoms with Crippen LogP contribution in [0, 0.1) is 0 Å². The highest BCUT2D eigenvalue weighted by atomic mass is 16.2. The minimum atomic E-state index is -0.434. The maximum Gasteiger partial charge on any atom is 0.319 e. The Kier molecular flexibility index (Phi) is 3.75. The van der Waals surface area contributed by atoms with Crippen molar-refractivity contribution < 1.29 is 4.79 Å². The molecule has 0 radical (unpaired) electrons. The molecular formula is C21H24N4O. The van der Waals surface area contributed by atoms with Crippen molar-refractivity contribution >= 4 is 22.6 Å². The molecule has 0 bridgehead atoms. The second-order valence-electron chi connectivity index (χ2n) is 8.03. The summed E-state index contributed by atoms with van der Waals surface area (Å²) in [5.74, 6) is 0. The van der Waals surface area contributed by atoms with E-state index >= 15 is 0 Å². The van der Waals surface area contributed by atoms with E-state index in [1.807, 2.05) is 18.2 Å². The number of primary amides is 1. The first-order chi connectivity index (χ1) is 12.4. The number of hydrogen-bond acceptors (Lipinski definition) is 2. The number of aromatic nitrogens is 2. The number of amides is 2. The molecule has 5 nitrogen and oxygen atoms in total. The van der Waals surface area contributed by atoms with Crippen LogP contribution < -0.4 is 10.6 Å². The van der Waals surface area contributed by atoms with Gasteiger partial charge < -0.3 is 5.73 Å². The molecule has 0 spiro atoms. The molecule has 26 heavy (non-hydrogen) atoms. The van der Waals surface area contributed by atoms with Gasteiger partial charge in [0.05, 0.1) is 23.4 Å². The summed E-state index contributed by atoms with van der Waals surface area (Å²) in [6.07, 6.45) is 3.58. The third-order valence-corrected chi connectivity index (χ3v) is 5.33.